The fourth-order valence-corrected chi connectivity index (χ4v) is 2.59. The van der Waals surface area contributed by atoms with Crippen LogP contribution in [0.3, 0.4) is 0 Å². The summed E-state index contributed by atoms with van der Waals surface area (Å²) in [6.45, 7) is 8.18. The number of nitrogens with zero attached hydrogens (tertiary/aromatic N) is 3. The predicted octanol–water partition coefficient (Wildman–Crippen LogP) is 3.03. The Morgan fingerprint density at radius 2 is 2.14 bits per heavy atom. The zero-order valence-electron chi connectivity index (χ0n) is 13.3. The zero-order valence-corrected chi connectivity index (χ0v) is 13.3. The molecule has 0 aliphatic rings. The van der Waals surface area contributed by atoms with Gasteiger partial charge < -0.3 is 11.1 Å². The minimum absolute atomic E-state index is 0.419. The number of aromatic nitrogens is 3. The molecule has 0 bridgehead atoms. The summed E-state index contributed by atoms with van der Waals surface area (Å²) in [5.41, 5.74) is 7.84. The van der Waals surface area contributed by atoms with E-state index in [-0.39, 0.29) is 0 Å². The van der Waals surface area contributed by atoms with E-state index in [0.29, 0.717) is 11.8 Å². The molecule has 3 N–H and O–H groups in total. The van der Waals surface area contributed by atoms with E-state index in [1.54, 1.807) is 6.20 Å². The van der Waals surface area contributed by atoms with Crippen LogP contribution in [0.1, 0.15) is 51.6 Å². The van der Waals surface area contributed by atoms with Crippen molar-refractivity contribution in [3.8, 4) is 0 Å². The predicted molar refractivity (Wildman–Crippen MR) is 87.6 cm³/mol. The second-order valence-electron chi connectivity index (χ2n) is 5.94. The maximum atomic E-state index is 5.70. The average Bonchev–Trinajstić information content (AvgIpc) is 2.90. The third-order valence-electron chi connectivity index (χ3n) is 3.83. The van der Waals surface area contributed by atoms with Gasteiger partial charge >= 0.3 is 0 Å². The first-order valence-electron chi connectivity index (χ1n) is 7.93. The van der Waals surface area contributed by atoms with Crippen molar-refractivity contribution >= 4 is 11.3 Å². The average molecular weight is 289 g/mol. The number of hydrogen-bond acceptors (Lipinski definition) is 4. The van der Waals surface area contributed by atoms with Gasteiger partial charge in [-0.25, -0.2) is 9.50 Å². The van der Waals surface area contributed by atoms with Crippen molar-refractivity contribution in [1.29, 1.82) is 0 Å². The highest BCUT2D eigenvalue weighted by atomic mass is 15.2. The molecule has 0 spiro atoms. The Balaban J connectivity index is 2.14. The van der Waals surface area contributed by atoms with Crippen LogP contribution >= 0.6 is 0 Å². The van der Waals surface area contributed by atoms with Crippen LogP contribution in [0, 0.1) is 5.92 Å². The van der Waals surface area contributed by atoms with Gasteiger partial charge in [0.1, 0.15) is 5.52 Å². The van der Waals surface area contributed by atoms with Crippen LogP contribution in [0.2, 0.25) is 0 Å². The molecule has 1 atom stereocenters. The Bertz CT molecular complexity index is 555. The zero-order chi connectivity index (χ0) is 15.2. The topological polar surface area (TPSA) is 68.2 Å². The minimum Gasteiger partial charge on any atom is -0.368 e. The molecular formula is C16H27N5. The lowest BCUT2D eigenvalue weighted by atomic mass is 10.00. The second kappa shape index (κ2) is 7.41. The van der Waals surface area contributed by atoms with Gasteiger partial charge in [0.25, 0.3) is 0 Å². The van der Waals surface area contributed by atoms with Gasteiger partial charge in [-0.15, -0.1) is 0 Å². The second-order valence-corrected chi connectivity index (χ2v) is 5.94. The molecule has 116 valence electrons. The molecule has 2 rings (SSSR count). The van der Waals surface area contributed by atoms with Crippen LogP contribution in [0.15, 0.2) is 18.5 Å². The lowest BCUT2D eigenvalue weighted by Gasteiger charge is -2.16. The molecule has 1 unspecified atom stereocenters. The number of hydrogen-bond donors (Lipinski definition) is 2. The molecule has 0 fully saturated rings. The maximum absolute atomic E-state index is 5.70. The van der Waals surface area contributed by atoms with Gasteiger partial charge in [-0.1, -0.05) is 27.2 Å². The molecule has 0 aliphatic heterocycles. The molecular weight excluding hydrogens is 262 g/mol. The molecule has 0 aliphatic carbocycles. The lowest BCUT2D eigenvalue weighted by Crippen LogP contribution is -2.18. The first-order chi connectivity index (χ1) is 10.2. The summed E-state index contributed by atoms with van der Waals surface area (Å²) in [7, 11) is 0. The molecule has 0 radical (unpaired) electrons. The Morgan fingerprint density at radius 3 is 2.81 bits per heavy atom. The largest absolute Gasteiger partial charge is 0.368 e. The summed E-state index contributed by atoms with van der Waals surface area (Å²) in [5.74, 6) is 1.94. The fraction of sp³-hybridized carbons (Fsp3) is 0.625. The van der Waals surface area contributed by atoms with E-state index < -0.39 is 0 Å². The number of rotatable bonds is 8. The summed E-state index contributed by atoms with van der Waals surface area (Å²) in [6, 6.07) is 2.12. The van der Waals surface area contributed by atoms with E-state index in [1.807, 2.05) is 10.7 Å². The van der Waals surface area contributed by atoms with E-state index in [0.717, 1.165) is 36.5 Å². The Labute approximate surface area is 126 Å². The number of nitrogens with two attached hydrogens (primary N) is 1. The van der Waals surface area contributed by atoms with E-state index in [4.69, 9.17) is 5.73 Å². The van der Waals surface area contributed by atoms with Crippen molar-refractivity contribution in [2.75, 3.05) is 18.4 Å². The molecule has 2 aromatic heterocycles. The number of anilines is 1. The van der Waals surface area contributed by atoms with Gasteiger partial charge in [0.15, 0.2) is 5.82 Å². The van der Waals surface area contributed by atoms with Crippen LogP contribution < -0.4 is 11.1 Å². The quantitative estimate of drug-likeness (QED) is 0.784. The normalized spacial score (nSPS) is 13.0. The van der Waals surface area contributed by atoms with Crippen molar-refractivity contribution in [3.63, 3.8) is 0 Å². The first kappa shape index (κ1) is 15.8. The van der Waals surface area contributed by atoms with Crippen LogP contribution in [0.25, 0.3) is 5.52 Å². The molecule has 0 aromatic carbocycles. The summed E-state index contributed by atoms with van der Waals surface area (Å²) in [5, 5.41) is 8.07. The van der Waals surface area contributed by atoms with Crippen molar-refractivity contribution in [2.45, 2.75) is 46.0 Å². The Kier molecular flexibility index (Phi) is 5.56. The third kappa shape index (κ3) is 3.94. The van der Waals surface area contributed by atoms with Crippen molar-refractivity contribution in [2.24, 2.45) is 11.7 Å². The number of nitrogens with one attached hydrogen (secondary N) is 1. The Hall–Kier alpha value is -1.62. The van der Waals surface area contributed by atoms with Crippen molar-refractivity contribution in [3.05, 3.63) is 24.2 Å². The first-order valence-corrected chi connectivity index (χ1v) is 7.93. The number of fused-ring (bicyclic) bond motifs is 1. The van der Waals surface area contributed by atoms with E-state index in [1.165, 1.54) is 12.8 Å². The highest BCUT2D eigenvalue weighted by Gasteiger charge is 2.11. The van der Waals surface area contributed by atoms with Crippen LogP contribution in [0.5, 0.6) is 0 Å². The van der Waals surface area contributed by atoms with Crippen LogP contribution in [0.4, 0.5) is 5.82 Å². The summed E-state index contributed by atoms with van der Waals surface area (Å²) in [4.78, 5) is 4.47. The van der Waals surface area contributed by atoms with Gasteiger partial charge in [0.2, 0.25) is 0 Å². The highest BCUT2D eigenvalue weighted by molar-refractivity contribution is 5.67. The van der Waals surface area contributed by atoms with Crippen molar-refractivity contribution < 1.29 is 0 Å². The fourth-order valence-electron chi connectivity index (χ4n) is 2.59. The summed E-state index contributed by atoms with van der Waals surface area (Å²) in [6.07, 6.45) is 7.14. The molecule has 0 saturated heterocycles. The molecule has 0 amide bonds. The lowest BCUT2D eigenvalue weighted by molar-refractivity contribution is 0.473. The molecule has 2 heterocycles. The highest BCUT2D eigenvalue weighted by Crippen LogP contribution is 2.20. The van der Waals surface area contributed by atoms with E-state index in [9.17, 15) is 0 Å². The van der Waals surface area contributed by atoms with Crippen LogP contribution in [-0.4, -0.2) is 27.7 Å². The van der Waals surface area contributed by atoms with Crippen LogP contribution in [-0.2, 0) is 0 Å². The molecule has 2 aromatic rings. The van der Waals surface area contributed by atoms with E-state index >= 15 is 0 Å². The summed E-state index contributed by atoms with van der Waals surface area (Å²) < 4.78 is 1.91. The smallest absolute Gasteiger partial charge is 0.152 e. The summed E-state index contributed by atoms with van der Waals surface area (Å²) >= 11 is 0. The molecule has 0 saturated carbocycles. The van der Waals surface area contributed by atoms with Crippen molar-refractivity contribution in [1.82, 2.24) is 14.6 Å². The van der Waals surface area contributed by atoms with E-state index in [2.05, 4.69) is 42.2 Å². The molecule has 5 nitrogen and oxygen atoms in total. The van der Waals surface area contributed by atoms with Gasteiger partial charge in [0, 0.05) is 18.9 Å². The molecule has 21 heavy (non-hydrogen) atoms. The molecule has 5 heteroatoms. The van der Waals surface area contributed by atoms with Gasteiger partial charge in [-0.2, -0.15) is 5.10 Å². The van der Waals surface area contributed by atoms with Gasteiger partial charge in [0.05, 0.1) is 5.69 Å². The minimum atomic E-state index is 0.419. The van der Waals surface area contributed by atoms with Gasteiger partial charge in [-0.3, -0.25) is 0 Å². The SMILES string of the molecule is CCCC(CCN)CNc1nccn2nc(C(C)C)cc12. The van der Waals surface area contributed by atoms with Gasteiger partial charge in [-0.05, 0) is 37.3 Å². The monoisotopic (exact) mass is 289 g/mol. The third-order valence-corrected chi connectivity index (χ3v) is 3.83. The Morgan fingerprint density at radius 1 is 1.33 bits per heavy atom. The standard InChI is InChI=1S/C16H27N5/c1-4-5-13(6-7-17)11-19-16-15-10-14(12(2)3)20-21(15)9-8-18-16/h8-10,12-13H,4-7,11,17H2,1-3H3,(H,18,19). The maximum Gasteiger partial charge on any atom is 0.152 e.